The summed E-state index contributed by atoms with van der Waals surface area (Å²) in [5.41, 5.74) is 6.11. The van der Waals surface area contributed by atoms with E-state index in [0.29, 0.717) is 18.6 Å². The van der Waals surface area contributed by atoms with Crippen molar-refractivity contribution in [1.82, 2.24) is 5.16 Å². The summed E-state index contributed by atoms with van der Waals surface area (Å²) >= 11 is 0. The van der Waals surface area contributed by atoms with Crippen LogP contribution in [-0.2, 0) is 10.2 Å². The van der Waals surface area contributed by atoms with Gasteiger partial charge < -0.3 is 14.9 Å². The van der Waals surface area contributed by atoms with Gasteiger partial charge in [0.1, 0.15) is 11.4 Å². The molecule has 4 aromatic rings. The number of aromatic nitrogens is 1. The molecule has 5 nitrogen and oxygen atoms in total. The molecule has 0 radical (unpaired) electrons. The number of nitrogens with one attached hydrogen (secondary N) is 1. The first-order valence-corrected chi connectivity index (χ1v) is 11.9. The summed E-state index contributed by atoms with van der Waals surface area (Å²) in [6, 6.07) is 26.3. The minimum absolute atomic E-state index is 0.0883. The van der Waals surface area contributed by atoms with Crippen molar-refractivity contribution in [2.45, 2.75) is 38.1 Å². The number of hydrogen-bond acceptors (Lipinski definition) is 4. The molecule has 1 saturated carbocycles. The number of carbonyl (C=O) groups is 1. The van der Waals surface area contributed by atoms with Crippen molar-refractivity contribution in [3.05, 3.63) is 102 Å². The fraction of sp³-hybridized carbons (Fsp3) is 0.200. The van der Waals surface area contributed by atoms with E-state index in [1.54, 1.807) is 0 Å². The summed E-state index contributed by atoms with van der Waals surface area (Å²) in [4.78, 5) is 11.6. The van der Waals surface area contributed by atoms with Crippen LogP contribution in [0.4, 0.5) is 5.69 Å². The van der Waals surface area contributed by atoms with Gasteiger partial charge in [0.15, 0.2) is 5.76 Å². The van der Waals surface area contributed by atoms with Crippen LogP contribution in [0.2, 0.25) is 0 Å². The number of aryl methyl sites for hydroxylation is 1. The third-order valence-corrected chi connectivity index (χ3v) is 6.69. The summed E-state index contributed by atoms with van der Waals surface area (Å²) < 4.78 is 5.68. The molecule has 1 atom stereocenters. The van der Waals surface area contributed by atoms with E-state index in [4.69, 9.17) is 4.52 Å². The molecular formula is C30H28N2O3. The first-order chi connectivity index (χ1) is 17.0. The predicted octanol–water partition coefficient (Wildman–Crippen LogP) is 6.95. The number of rotatable bonds is 8. The van der Waals surface area contributed by atoms with Gasteiger partial charge >= 0.3 is 5.97 Å². The zero-order chi connectivity index (χ0) is 24.4. The molecule has 1 fully saturated rings. The summed E-state index contributed by atoms with van der Waals surface area (Å²) in [5.74, 6) is -0.0206. The molecule has 5 rings (SSSR count). The quantitative estimate of drug-likeness (QED) is 0.295. The van der Waals surface area contributed by atoms with Crippen molar-refractivity contribution in [2.75, 3.05) is 5.32 Å². The molecule has 176 valence electrons. The van der Waals surface area contributed by atoms with Gasteiger partial charge in [0.2, 0.25) is 0 Å². The number of aliphatic carboxylic acids is 1. The van der Waals surface area contributed by atoms with Gasteiger partial charge in [-0.3, -0.25) is 4.79 Å². The molecule has 0 aliphatic heterocycles. The molecule has 2 N–H and O–H groups in total. The zero-order valence-corrected chi connectivity index (χ0v) is 19.9. The van der Waals surface area contributed by atoms with Crippen molar-refractivity contribution < 1.29 is 14.4 Å². The monoisotopic (exact) mass is 464 g/mol. The number of carboxylic acid groups (broad SMARTS) is 1. The lowest BCUT2D eigenvalue weighted by molar-refractivity contribution is -0.140. The molecule has 1 aliphatic rings. The van der Waals surface area contributed by atoms with Gasteiger partial charge in [0.25, 0.3) is 0 Å². The maximum atomic E-state index is 11.6. The van der Waals surface area contributed by atoms with E-state index in [1.165, 1.54) is 0 Å². The molecule has 35 heavy (non-hydrogen) atoms. The Morgan fingerprint density at radius 3 is 2.17 bits per heavy atom. The maximum Gasteiger partial charge on any atom is 0.314 e. The Balaban J connectivity index is 1.32. The number of carboxylic acids is 1. The first-order valence-electron chi connectivity index (χ1n) is 11.9. The van der Waals surface area contributed by atoms with Crippen LogP contribution in [0.15, 0.2) is 89.5 Å². The number of benzene rings is 3. The summed E-state index contributed by atoms with van der Waals surface area (Å²) in [5, 5.41) is 17.2. The average molecular weight is 465 g/mol. The van der Waals surface area contributed by atoms with Crippen LogP contribution in [-0.4, -0.2) is 22.3 Å². The predicted molar refractivity (Wildman–Crippen MR) is 139 cm³/mol. The molecule has 0 spiro atoms. The highest BCUT2D eigenvalue weighted by molar-refractivity contribution is 5.85. The van der Waals surface area contributed by atoms with Gasteiger partial charge in [-0.25, -0.2) is 0 Å². The minimum Gasteiger partial charge on any atom is -0.481 e. The van der Waals surface area contributed by atoms with Crippen LogP contribution in [0.25, 0.3) is 28.5 Å². The van der Waals surface area contributed by atoms with Crippen molar-refractivity contribution >= 4 is 17.7 Å². The Morgan fingerprint density at radius 1 is 0.971 bits per heavy atom. The van der Waals surface area contributed by atoms with E-state index in [1.807, 2.05) is 61.5 Å². The largest absolute Gasteiger partial charge is 0.481 e. The van der Waals surface area contributed by atoms with Gasteiger partial charge in [0.05, 0.1) is 5.41 Å². The standard InChI is InChI=1S/C30H28N2O3/c1-20(8-9-22-6-4-3-5-7-22)31-27-21(2)32-35-28(27)25-12-10-23(11-13-25)24-14-16-26(17-15-24)30(18-19-30)29(33)34/h3-17,20,31H,18-19H2,1-2H3,(H,33,34)/b9-8+. The Morgan fingerprint density at radius 2 is 1.57 bits per heavy atom. The van der Waals surface area contributed by atoms with E-state index in [0.717, 1.165) is 39.2 Å². The Bertz CT molecular complexity index is 1350. The van der Waals surface area contributed by atoms with E-state index >= 15 is 0 Å². The molecule has 1 unspecified atom stereocenters. The highest BCUT2D eigenvalue weighted by Gasteiger charge is 2.51. The lowest BCUT2D eigenvalue weighted by Gasteiger charge is -2.12. The summed E-state index contributed by atoms with van der Waals surface area (Å²) in [7, 11) is 0. The Hall–Kier alpha value is -4.12. The topological polar surface area (TPSA) is 75.4 Å². The van der Waals surface area contributed by atoms with E-state index in [-0.39, 0.29) is 6.04 Å². The SMILES string of the molecule is Cc1noc(-c2ccc(-c3ccc(C4(C(=O)O)CC4)cc3)cc2)c1NC(C)/C=C/c1ccccc1. The maximum absolute atomic E-state index is 11.6. The van der Waals surface area contributed by atoms with Crippen LogP contribution in [0.3, 0.4) is 0 Å². The lowest BCUT2D eigenvalue weighted by atomic mass is 9.93. The molecular weight excluding hydrogens is 436 g/mol. The Kier molecular flexibility index (Phi) is 6.00. The normalized spacial score (nSPS) is 15.1. The van der Waals surface area contributed by atoms with Crippen molar-refractivity contribution in [2.24, 2.45) is 0 Å². The van der Waals surface area contributed by atoms with Crippen LogP contribution in [0, 0.1) is 6.92 Å². The van der Waals surface area contributed by atoms with Gasteiger partial charge in [-0.15, -0.1) is 0 Å². The third-order valence-electron chi connectivity index (χ3n) is 6.69. The molecule has 5 heteroatoms. The molecule has 0 amide bonds. The number of nitrogens with zero attached hydrogens (tertiary/aromatic N) is 1. The molecule has 0 saturated heterocycles. The van der Waals surface area contributed by atoms with Crippen LogP contribution in [0.1, 0.15) is 36.6 Å². The van der Waals surface area contributed by atoms with Gasteiger partial charge in [-0.1, -0.05) is 96.2 Å². The second kappa shape index (κ2) is 9.26. The molecule has 0 bridgehead atoms. The van der Waals surface area contributed by atoms with Crippen LogP contribution >= 0.6 is 0 Å². The lowest BCUT2D eigenvalue weighted by Crippen LogP contribution is -2.19. The van der Waals surface area contributed by atoms with Gasteiger partial charge in [-0.05, 0) is 48.9 Å². The highest BCUT2D eigenvalue weighted by atomic mass is 16.5. The van der Waals surface area contributed by atoms with Crippen LogP contribution in [0.5, 0.6) is 0 Å². The van der Waals surface area contributed by atoms with E-state index < -0.39 is 11.4 Å². The Labute approximate surface area is 205 Å². The average Bonchev–Trinajstić information content (AvgIpc) is 3.63. The van der Waals surface area contributed by atoms with Crippen molar-refractivity contribution in [3.63, 3.8) is 0 Å². The van der Waals surface area contributed by atoms with Crippen LogP contribution < -0.4 is 5.32 Å². The summed E-state index contributed by atoms with van der Waals surface area (Å²) in [6.45, 7) is 4.03. The van der Waals surface area contributed by atoms with Gasteiger partial charge in [-0.2, -0.15) is 0 Å². The van der Waals surface area contributed by atoms with Crippen molar-refractivity contribution in [1.29, 1.82) is 0 Å². The second-order valence-electron chi connectivity index (χ2n) is 9.22. The fourth-order valence-corrected chi connectivity index (χ4v) is 4.38. The number of hydrogen-bond donors (Lipinski definition) is 2. The van der Waals surface area contributed by atoms with Gasteiger partial charge in [0, 0.05) is 11.6 Å². The molecule has 3 aromatic carbocycles. The first kappa shape index (κ1) is 22.7. The zero-order valence-electron chi connectivity index (χ0n) is 19.9. The molecule has 1 heterocycles. The molecule has 1 aromatic heterocycles. The van der Waals surface area contributed by atoms with E-state index in [2.05, 4.69) is 53.8 Å². The van der Waals surface area contributed by atoms with Crippen molar-refractivity contribution in [3.8, 4) is 22.5 Å². The number of anilines is 1. The van der Waals surface area contributed by atoms with E-state index in [9.17, 15) is 9.90 Å². The highest BCUT2D eigenvalue weighted by Crippen LogP contribution is 2.48. The minimum atomic E-state index is -0.730. The third kappa shape index (κ3) is 4.62. The fourth-order valence-electron chi connectivity index (χ4n) is 4.38. The smallest absolute Gasteiger partial charge is 0.314 e. The molecule has 1 aliphatic carbocycles. The second-order valence-corrected chi connectivity index (χ2v) is 9.22. The summed E-state index contributed by atoms with van der Waals surface area (Å²) in [6.07, 6.45) is 5.64.